The second-order valence-corrected chi connectivity index (χ2v) is 4.96. The van der Waals surface area contributed by atoms with Crippen molar-refractivity contribution >= 4 is 23.0 Å². The minimum absolute atomic E-state index is 0.0469. The van der Waals surface area contributed by atoms with Crippen LogP contribution in [0.4, 0.5) is 0 Å². The van der Waals surface area contributed by atoms with Crippen LogP contribution in [0.2, 0.25) is 6.32 Å². The molecule has 0 spiro atoms. The third-order valence-corrected chi connectivity index (χ3v) is 3.10. The topological polar surface area (TPSA) is 18.5 Å². The molecule has 0 bridgehead atoms. The molecule has 1 rings (SSSR count). The Kier molecular flexibility index (Phi) is 2.91. The van der Waals surface area contributed by atoms with Gasteiger partial charge in [0, 0.05) is 5.33 Å². The van der Waals surface area contributed by atoms with Crippen molar-refractivity contribution in [3.63, 3.8) is 0 Å². The Bertz CT molecular complexity index is 154. The number of alkyl halides is 1. The summed E-state index contributed by atoms with van der Waals surface area (Å²) < 4.78 is 11.5. The molecule has 0 N–H and O–H groups in total. The smallest absolute Gasteiger partial charge is 0.403 e. The fourth-order valence-corrected chi connectivity index (χ4v) is 1.55. The summed E-state index contributed by atoms with van der Waals surface area (Å²) in [4.78, 5) is 0. The minimum atomic E-state index is -0.181. The molecule has 0 aliphatic carbocycles. The van der Waals surface area contributed by atoms with Crippen LogP contribution < -0.4 is 0 Å². The summed E-state index contributed by atoms with van der Waals surface area (Å²) in [6.07, 6.45) is 0.910. The first-order valence-corrected chi connectivity index (χ1v) is 5.43. The molecule has 12 heavy (non-hydrogen) atoms. The largest absolute Gasteiger partial charge is 0.458 e. The van der Waals surface area contributed by atoms with Gasteiger partial charge in [-0.2, -0.15) is 0 Å². The van der Waals surface area contributed by atoms with Gasteiger partial charge < -0.3 is 9.31 Å². The van der Waals surface area contributed by atoms with Crippen molar-refractivity contribution < 1.29 is 9.31 Å². The summed E-state index contributed by atoms with van der Waals surface area (Å²) in [6, 6.07) is 0. The van der Waals surface area contributed by atoms with Crippen molar-refractivity contribution in [2.75, 3.05) is 5.33 Å². The molecule has 0 aromatic rings. The molecule has 70 valence electrons. The second kappa shape index (κ2) is 3.31. The summed E-state index contributed by atoms with van der Waals surface area (Å²) in [5.41, 5.74) is -0.361. The molecule has 1 heterocycles. The molecular weight excluding hydrogens is 219 g/mol. The molecule has 1 aliphatic heterocycles. The van der Waals surface area contributed by atoms with E-state index < -0.39 is 0 Å². The van der Waals surface area contributed by atoms with Gasteiger partial charge in [-0.25, -0.2) is 0 Å². The zero-order valence-electron chi connectivity index (χ0n) is 8.19. The average Bonchev–Trinajstić information content (AvgIpc) is 2.02. The van der Waals surface area contributed by atoms with E-state index in [1.807, 2.05) is 0 Å². The summed E-state index contributed by atoms with van der Waals surface area (Å²) in [6.45, 7) is 8.28. The van der Waals surface area contributed by atoms with Gasteiger partial charge in [-0.3, -0.25) is 0 Å². The molecule has 1 aliphatic rings. The molecule has 0 amide bonds. The zero-order chi connectivity index (χ0) is 9.41. The number of hydrogen-bond donors (Lipinski definition) is 0. The van der Waals surface area contributed by atoms with Crippen molar-refractivity contribution in [1.82, 2.24) is 0 Å². The highest BCUT2D eigenvalue weighted by Crippen LogP contribution is 2.37. The van der Waals surface area contributed by atoms with Crippen LogP contribution >= 0.6 is 15.9 Å². The third kappa shape index (κ3) is 1.86. The van der Waals surface area contributed by atoms with Crippen LogP contribution in [0.25, 0.3) is 0 Å². The third-order valence-electron chi connectivity index (χ3n) is 2.65. The Balaban J connectivity index is 2.61. The lowest BCUT2D eigenvalue weighted by Crippen LogP contribution is -2.41. The normalized spacial score (nSPS) is 26.2. The van der Waals surface area contributed by atoms with Gasteiger partial charge in [-0.15, -0.1) is 0 Å². The molecule has 1 saturated heterocycles. The highest BCUT2D eigenvalue weighted by atomic mass is 79.9. The standard InChI is InChI=1S/C8H16BBrO2/c1-7(2)8(3,4)12-9(11-7)5-6-10/h5-6H2,1-4H3. The minimum Gasteiger partial charge on any atom is -0.403 e. The first-order chi connectivity index (χ1) is 5.39. The lowest BCUT2D eigenvalue weighted by molar-refractivity contribution is 0.00578. The predicted octanol–water partition coefficient (Wildman–Crippen LogP) is 2.47. The van der Waals surface area contributed by atoms with Gasteiger partial charge in [-0.1, -0.05) is 15.9 Å². The predicted molar refractivity (Wildman–Crippen MR) is 54.7 cm³/mol. The Labute approximate surface area is 83.3 Å². The Morgan fingerprint density at radius 2 is 1.50 bits per heavy atom. The van der Waals surface area contributed by atoms with Crippen LogP contribution in [0, 0.1) is 0 Å². The van der Waals surface area contributed by atoms with E-state index in [2.05, 4.69) is 43.6 Å². The Morgan fingerprint density at radius 1 is 1.08 bits per heavy atom. The van der Waals surface area contributed by atoms with Crippen LogP contribution in [0.15, 0.2) is 0 Å². The molecule has 0 aromatic carbocycles. The monoisotopic (exact) mass is 234 g/mol. The first-order valence-electron chi connectivity index (χ1n) is 4.31. The zero-order valence-corrected chi connectivity index (χ0v) is 9.77. The van der Waals surface area contributed by atoms with Crippen LogP contribution in [0.3, 0.4) is 0 Å². The maximum atomic E-state index is 5.75. The van der Waals surface area contributed by atoms with E-state index in [0.717, 1.165) is 11.7 Å². The Hall–Kier alpha value is 0.465. The lowest BCUT2D eigenvalue weighted by atomic mass is 9.86. The summed E-state index contributed by atoms with van der Waals surface area (Å²) >= 11 is 3.37. The van der Waals surface area contributed by atoms with Gasteiger partial charge in [0.1, 0.15) is 0 Å². The van der Waals surface area contributed by atoms with E-state index in [1.165, 1.54) is 0 Å². The van der Waals surface area contributed by atoms with Gasteiger partial charge in [0.2, 0.25) is 0 Å². The van der Waals surface area contributed by atoms with Gasteiger partial charge in [0.25, 0.3) is 0 Å². The van der Waals surface area contributed by atoms with Gasteiger partial charge in [0.05, 0.1) is 11.2 Å². The molecule has 2 nitrogen and oxygen atoms in total. The van der Waals surface area contributed by atoms with Crippen molar-refractivity contribution in [2.24, 2.45) is 0 Å². The van der Waals surface area contributed by atoms with Crippen molar-refractivity contribution in [2.45, 2.75) is 45.2 Å². The van der Waals surface area contributed by atoms with Gasteiger partial charge in [0.15, 0.2) is 0 Å². The quantitative estimate of drug-likeness (QED) is 0.540. The highest BCUT2D eigenvalue weighted by molar-refractivity contribution is 9.09. The molecule has 0 aromatic heterocycles. The van der Waals surface area contributed by atoms with E-state index in [9.17, 15) is 0 Å². The fourth-order valence-electron chi connectivity index (χ4n) is 1.17. The molecular formula is C8H16BBrO2. The van der Waals surface area contributed by atoms with Crippen molar-refractivity contribution in [3.05, 3.63) is 0 Å². The summed E-state index contributed by atoms with van der Waals surface area (Å²) in [5.74, 6) is 0. The van der Waals surface area contributed by atoms with Crippen LogP contribution in [-0.2, 0) is 9.31 Å². The summed E-state index contributed by atoms with van der Waals surface area (Å²) in [7, 11) is -0.0469. The fraction of sp³-hybridized carbons (Fsp3) is 1.00. The van der Waals surface area contributed by atoms with E-state index in [1.54, 1.807) is 0 Å². The number of halogens is 1. The van der Waals surface area contributed by atoms with Crippen molar-refractivity contribution in [1.29, 1.82) is 0 Å². The highest BCUT2D eigenvalue weighted by Gasteiger charge is 2.50. The molecule has 0 saturated carbocycles. The Morgan fingerprint density at radius 3 is 1.83 bits per heavy atom. The molecule has 4 heteroatoms. The van der Waals surface area contributed by atoms with E-state index in [0.29, 0.717) is 0 Å². The number of rotatable bonds is 2. The van der Waals surface area contributed by atoms with Crippen molar-refractivity contribution in [3.8, 4) is 0 Å². The molecule has 0 radical (unpaired) electrons. The summed E-state index contributed by atoms with van der Waals surface area (Å²) in [5, 5.41) is 0.920. The van der Waals surface area contributed by atoms with E-state index >= 15 is 0 Å². The number of hydrogen-bond acceptors (Lipinski definition) is 2. The van der Waals surface area contributed by atoms with Crippen LogP contribution in [-0.4, -0.2) is 23.7 Å². The maximum Gasteiger partial charge on any atom is 0.458 e. The molecule has 0 unspecified atom stereocenters. The van der Waals surface area contributed by atoms with Gasteiger partial charge in [-0.05, 0) is 34.0 Å². The lowest BCUT2D eigenvalue weighted by Gasteiger charge is -2.32. The molecule has 0 atom stereocenters. The average molecular weight is 235 g/mol. The van der Waals surface area contributed by atoms with E-state index in [-0.39, 0.29) is 18.3 Å². The second-order valence-electron chi connectivity index (χ2n) is 4.16. The maximum absolute atomic E-state index is 5.75. The van der Waals surface area contributed by atoms with Crippen LogP contribution in [0.5, 0.6) is 0 Å². The first kappa shape index (κ1) is 10.5. The van der Waals surface area contributed by atoms with Gasteiger partial charge >= 0.3 is 7.12 Å². The molecule has 1 fully saturated rings. The van der Waals surface area contributed by atoms with E-state index in [4.69, 9.17) is 9.31 Å². The SMILES string of the molecule is CC1(C)OB(CCBr)OC1(C)C. The van der Waals surface area contributed by atoms with Crippen LogP contribution in [0.1, 0.15) is 27.7 Å².